The smallest absolute Gasteiger partial charge is 0.331 e. The van der Waals surface area contributed by atoms with Crippen molar-refractivity contribution in [2.24, 2.45) is 0 Å². The number of benzene rings is 2. The zero-order valence-electron chi connectivity index (χ0n) is 11.7. The Morgan fingerprint density at radius 3 is 2.57 bits per heavy atom. The molecule has 0 saturated carbocycles. The second kappa shape index (κ2) is 7.51. The standard InChI is InChI=1S/C16H11ClFNO4/c17-14-9-11(3-7-15(14)18)4-8-16(20)23-10-12-1-5-13(6-2-12)19(21)22/h1-9H,10H2/b8-4+. The molecule has 0 unspecified atom stereocenters. The van der Waals surface area contributed by atoms with Crippen LogP contribution in [0, 0.1) is 15.9 Å². The molecule has 0 atom stereocenters. The number of nitro benzene ring substituents is 1. The highest BCUT2D eigenvalue weighted by atomic mass is 35.5. The summed E-state index contributed by atoms with van der Waals surface area (Å²) in [6, 6.07) is 9.74. The van der Waals surface area contributed by atoms with Gasteiger partial charge in [0.2, 0.25) is 0 Å². The zero-order chi connectivity index (χ0) is 16.8. The summed E-state index contributed by atoms with van der Waals surface area (Å²) in [5.41, 5.74) is 1.15. The highest BCUT2D eigenvalue weighted by Gasteiger charge is 2.05. The minimum Gasteiger partial charge on any atom is -0.458 e. The number of carbonyl (C=O) groups is 1. The third kappa shape index (κ3) is 4.89. The molecule has 118 valence electrons. The van der Waals surface area contributed by atoms with Crippen LogP contribution in [0.1, 0.15) is 11.1 Å². The van der Waals surface area contributed by atoms with E-state index in [4.69, 9.17) is 16.3 Å². The fraction of sp³-hybridized carbons (Fsp3) is 0.0625. The van der Waals surface area contributed by atoms with Gasteiger partial charge in [0.1, 0.15) is 12.4 Å². The molecule has 0 fully saturated rings. The van der Waals surface area contributed by atoms with Crippen LogP contribution in [-0.2, 0) is 16.1 Å². The van der Waals surface area contributed by atoms with Gasteiger partial charge in [0, 0.05) is 18.2 Å². The second-order valence-electron chi connectivity index (χ2n) is 4.54. The highest BCUT2D eigenvalue weighted by Crippen LogP contribution is 2.17. The molecule has 0 aliphatic heterocycles. The molecule has 0 bridgehead atoms. The second-order valence-corrected chi connectivity index (χ2v) is 4.95. The summed E-state index contributed by atoms with van der Waals surface area (Å²) in [6.45, 7) is -0.00859. The van der Waals surface area contributed by atoms with Gasteiger partial charge >= 0.3 is 5.97 Å². The first-order valence-corrected chi connectivity index (χ1v) is 6.87. The minimum atomic E-state index is -0.594. The van der Waals surface area contributed by atoms with Crippen LogP contribution in [-0.4, -0.2) is 10.9 Å². The summed E-state index contributed by atoms with van der Waals surface area (Å²) in [4.78, 5) is 21.6. The molecular weight excluding hydrogens is 325 g/mol. The van der Waals surface area contributed by atoms with Gasteiger partial charge in [-0.15, -0.1) is 0 Å². The van der Waals surface area contributed by atoms with Crippen LogP contribution in [0.15, 0.2) is 48.5 Å². The molecular formula is C16H11ClFNO4. The quantitative estimate of drug-likeness (QED) is 0.356. The molecule has 23 heavy (non-hydrogen) atoms. The summed E-state index contributed by atoms with van der Waals surface area (Å²) in [7, 11) is 0. The van der Waals surface area contributed by atoms with E-state index in [1.807, 2.05) is 0 Å². The first kappa shape index (κ1) is 16.6. The number of halogens is 2. The number of hydrogen-bond donors (Lipinski definition) is 0. The van der Waals surface area contributed by atoms with E-state index < -0.39 is 16.7 Å². The summed E-state index contributed by atoms with van der Waals surface area (Å²) >= 11 is 5.63. The molecule has 0 heterocycles. The predicted octanol–water partition coefficient (Wildman–Crippen LogP) is 4.14. The molecule has 2 rings (SSSR count). The van der Waals surface area contributed by atoms with Crippen molar-refractivity contribution in [1.29, 1.82) is 0 Å². The van der Waals surface area contributed by atoms with Crippen LogP contribution < -0.4 is 0 Å². The van der Waals surface area contributed by atoms with E-state index in [9.17, 15) is 19.3 Å². The average Bonchev–Trinajstić information content (AvgIpc) is 2.54. The Labute approximate surface area is 136 Å². The van der Waals surface area contributed by atoms with Gasteiger partial charge in [-0.1, -0.05) is 17.7 Å². The normalized spacial score (nSPS) is 10.7. The lowest BCUT2D eigenvalue weighted by Crippen LogP contribution is -2.00. The fourth-order valence-electron chi connectivity index (χ4n) is 1.70. The maximum Gasteiger partial charge on any atom is 0.331 e. The summed E-state index contributed by atoms with van der Waals surface area (Å²) in [6.07, 6.45) is 2.64. The summed E-state index contributed by atoms with van der Waals surface area (Å²) in [5.74, 6) is -1.13. The van der Waals surface area contributed by atoms with Crippen LogP contribution in [0.2, 0.25) is 5.02 Å². The topological polar surface area (TPSA) is 69.4 Å². The van der Waals surface area contributed by atoms with E-state index in [0.29, 0.717) is 11.1 Å². The van der Waals surface area contributed by atoms with Crippen molar-refractivity contribution in [2.75, 3.05) is 0 Å². The molecule has 0 aliphatic carbocycles. The fourth-order valence-corrected chi connectivity index (χ4v) is 1.89. The molecule has 2 aromatic carbocycles. The summed E-state index contributed by atoms with van der Waals surface area (Å²) < 4.78 is 18.0. The lowest BCUT2D eigenvalue weighted by molar-refractivity contribution is -0.384. The van der Waals surface area contributed by atoms with Crippen LogP contribution in [0.4, 0.5) is 10.1 Å². The molecule has 0 radical (unpaired) electrons. The Morgan fingerprint density at radius 2 is 1.96 bits per heavy atom. The Morgan fingerprint density at radius 1 is 1.26 bits per heavy atom. The SMILES string of the molecule is O=C(/C=C/c1ccc(F)c(Cl)c1)OCc1ccc([N+](=O)[O-])cc1. The van der Waals surface area contributed by atoms with Crippen molar-refractivity contribution in [3.05, 3.63) is 80.6 Å². The van der Waals surface area contributed by atoms with E-state index in [1.165, 1.54) is 54.6 Å². The highest BCUT2D eigenvalue weighted by molar-refractivity contribution is 6.30. The minimum absolute atomic E-state index is 0.00859. The first-order valence-electron chi connectivity index (χ1n) is 6.49. The third-order valence-corrected chi connectivity index (χ3v) is 3.17. The number of hydrogen-bond acceptors (Lipinski definition) is 4. The Balaban J connectivity index is 1.90. The van der Waals surface area contributed by atoms with Crippen LogP contribution in [0.5, 0.6) is 0 Å². The van der Waals surface area contributed by atoms with Crippen molar-refractivity contribution < 1.29 is 18.8 Å². The first-order chi connectivity index (χ1) is 11.0. The monoisotopic (exact) mass is 335 g/mol. The lowest BCUT2D eigenvalue weighted by Gasteiger charge is -2.02. The van der Waals surface area contributed by atoms with E-state index in [1.54, 1.807) is 0 Å². The number of nitrogens with zero attached hydrogens (tertiary/aromatic N) is 1. The third-order valence-electron chi connectivity index (χ3n) is 2.88. The maximum absolute atomic E-state index is 13.0. The molecule has 0 aliphatic rings. The maximum atomic E-state index is 13.0. The van der Waals surface area contributed by atoms with Crippen molar-refractivity contribution in [2.45, 2.75) is 6.61 Å². The predicted molar refractivity (Wildman–Crippen MR) is 83.3 cm³/mol. The summed E-state index contributed by atoms with van der Waals surface area (Å²) in [5, 5.41) is 10.5. The van der Waals surface area contributed by atoms with Crippen molar-refractivity contribution in [3.63, 3.8) is 0 Å². The van der Waals surface area contributed by atoms with Crippen molar-refractivity contribution >= 4 is 29.3 Å². The van der Waals surface area contributed by atoms with Crippen LogP contribution in [0.25, 0.3) is 6.08 Å². The molecule has 0 saturated heterocycles. The molecule has 0 N–H and O–H groups in total. The largest absolute Gasteiger partial charge is 0.458 e. The molecule has 0 spiro atoms. The Kier molecular flexibility index (Phi) is 5.43. The van der Waals surface area contributed by atoms with Gasteiger partial charge < -0.3 is 4.74 Å². The van der Waals surface area contributed by atoms with Crippen molar-refractivity contribution in [3.8, 4) is 0 Å². The van der Waals surface area contributed by atoms with Crippen LogP contribution in [0.3, 0.4) is 0 Å². The number of esters is 1. The van der Waals surface area contributed by atoms with Gasteiger partial charge in [0.05, 0.1) is 9.95 Å². The molecule has 5 nitrogen and oxygen atoms in total. The van der Waals surface area contributed by atoms with E-state index in [-0.39, 0.29) is 17.3 Å². The van der Waals surface area contributed by atoms with Gasteiger partial charge in [-0.3, -0.25) is 10.1 Å². The Bertz CT molecular complexity index is 759. The zero-order valence-corrected chi connectivity index (χ0v) is 12.5. The number of ether oxygens (including phenoxy) is 1. The number of non-ortho nitro benzene ring substituents is 1. The number of carbonyl (C=O) groups excluding carboxylic acids is 1. The molecule has 0 aromatic heterocycles. The van der Waals surface area contributed by atoms with Gasteiger partial charge in [0.25, 0.3) is 5.69 Å². The van der Waals surface area contributed by atoms with E-state index in [2.05, 4.69) is 0 Å². The Hall–Kier alpha value is -2.73. The van der Waals surface area contributed by atoms with E-state index in [0.717, 1.165) is 0 Å². The molecule has 7 heteroatoms. The van der Waals surface area contributed by atoms with Crippen molar-refractivity contribution in [1.82, 2.24) is 0 Å². The molecule has 2 aromatic rings. The van der Waals surface area contributed by atoms with Gasteiger partial charge in [-0.25, -0.2) is 9.18 Å². The number of rotatable bonds is 5. The molecule has 0 amide bonds. The average molecular weight is 336 g/mol. The van der Waals surface area contributed by atoms with Gasteiger partial charge in [0.15, 0.2) is 0 Å². The van der Waals surface area contributed by atoms with Gasteiger partial charge in [-0.2, -0.15) is 0 Å². The lowest BCUT2D eigenvalue weighted by atomic mass is 10.2. The van der Waals surface area contributed by atoms with E-state index >= 15 is 0 Å². The number of nitro groups is 1. The van der Waals surface area contributed by atoms with Gasteiger partial charge in [-0.05, 0) is 41.5 Å². The van der Waals surface area contributed by atoms with Crippen LogP contribution >= 0.6 is 11.6 Å².